The highest BCUT2D eigenvalue weighted by molar-refractivity contribution is 6.79. The molecule has 0 N–H and O–H groups in total. The molecule has 0 fully saturated rings. The van der Waals surface area contributed by atoms with Crippen molar-refractivity contribution >= 4 is 19.7 Å². The zero-order valence-corrected chi connectivity index (χ0v) is 11.5. The molecule has 3 heteroatoms. The summed E-state index contributed by atoms with van der Waals surface area (Å²) in [5, 5.41) is 0.685. The lowest BCUT2D eigenvalue weighted by molar-refractivity contribution is 0.0487. The lowest BCUT2D eigenvalue weighted by Gasteiger charge is -2.36. The topological polar surface area (TPSA) is 9.23 Å². The Bertz CT molecular complexity index is 489. The first kappa shape index (κ1) is 10.6. The number of hydrogen-bond acceptors (Lipinski definition) is 1. The Hall–Kier alpha value is -0.573. The largest absolute Gasteiger partial charge is 0.358 e. The maximum atomic E-state index is 6.28. The Morgan fingerprint density at radius 1 is 1.31 bits per heavy atom. The zero-order valence-electron chi connectivity index (χ0n) is 9.75. The van der Waals surface area contributed by atoms with E-state index in [9.17, 15) is 0 Å². The van der Waals surface area contributed by atoms with Gasteiger partial charge in [-0.1, -0.05) is 55.5 Å². The van der Waals surface area contributed by atoms with Crippen LogP contribution in [-0.2, 0) is 9.96 Å². The Morgan fingerprint density at radius 3 is 2.75 bits per heavy atom. The summed E-state index contributed by atoms with van der Waals surface area (Å²) in [6, 6.07) is 6.15. The second kappa shape index (κ2) is 3.00. The first-order chi connectivity index (χ1) is 7.46. The number of rotatable bonds is 1. The maximum Gasteiger partial charge on any atom is 0.104 e. The summed E-state index contributed by atoms with van der Waals surface area (Å²) in [5.74, 6) is 0. The van der Waals surface area contributed by atoms with Gasteiger partial charge in [-0.25, -0.2) is 0 Å². The van der Waals surface area contributed by atoms with Crippen molar-refractivity contribution < 1.29 is 4.74 Å². The Labute approximate surface area is 102 Å². The Morgan fingerprint density at radius 2 is 2.06 bits per heavy atom. The average molecular weight is 251 g/mol. The monoisotopic (exact) mass is 250 g/mol. The van der Waals surface area contributed by atoms with Crippen molar-refractivity contribution in [1.82, 2.24) is 0 Å². The molecular formula is C13H15ClOSi. The van der Waals surface area contributed by atoms with E-state index in [1.54, 1.807) is 0 Å². The second-order valence-corrected chi connectivity index (χ2v) is 11.2. The Kier molecular flexibility index (Phi) is 1.98. The minimum Gasteiger partial charge on any atom is -0.358 e. The molecule has 2 bridgehead atoms. The van der Waals surface area contributed by atoms with Gasteiger partial charge in [0.1, 0.15) is 11.3 Å². The van der Waals surface area contributed by atoms with E-state index < -0.39 is 8.07 Å². The van der Waals surface area contributed by atoms with Gasteiger partial charge in [-0.3, -0.25) is 0 Å². The van der Waals surface area contributed by atoms with Crippen LogP contribution in [0.5, 0.6) is 0 Å². The molecule has 1 aromatic carbocycles. The van der Waals surface area contributed by atoms with E-state index in [1.165, 1.54) is 11.1 Å². The van der Waals surface area contributed by atoms with Crippen LogP contribution in [0.2, 0.25) is 24.7 Å². The van der Waals surface area contributed by atoms with Crippen molar-refractivity contribution in [2.45, 2.75) is 31.0 Å². The van der Waals surface area contributed by atoms with E-state index in [0.717, 1.165) is 5.02 Å². The predicted octanol–water partition coefficient (Wildman–Crippen LogP) is 4.05. The number of ether oxygens (including phenoxy) is 1. The minimum absolute atomic E-state index is 0.0791. The fraction of sp³-hybridized carbons (Fsp3) is 0.385. The van der Waals surface area contributed by atoms with E-state index >= 15 is 0 Å². The van der Waals surface area contributed by atoms with Gasteiger partial charge < -0.3 is 4.74 Å². The van der Waals surface area contributed by atoms with Crippen molar-refractivity contribution in [3.05, 3.63) is 46.5 Å². The summed E-state index contributed by atoms with van der Waals surface area (Å²) in [6.45, 7) is 7.03. The highest BCUT2D eigenvalue weighted by Gasteiger charge is 2.55. The molecule has 0 radical (unpaired) electrons. The van der Waals surface area contributed by atoms with Crippen molar-refractivity contribution in [3.8, 4) is 0 Å². The van der Waals surface area contributed by atoms with E-state index in [4.69, 9.17) is 16.3 Å². The third kappa shape index (κ3) is 1.10. The lowest BCUT2D eigenvalue weighted by Crippen LogP contribution is -2.47. The molecule has 2 aliphatic rings. The standard InChI is InChI=1S/C13H15ClOSi/c1-16(2,3)13-8-7-11(15-13)12-9(13)5-4-6-10(12)14/h4-8,11H,1-3H3. The van der Waals surface area contributed by atoms with Crippen molar-refractivity contribution in [3.63, 3.8) is 0 Å². The smallest absolute Gasteiger partial charge is 0.104 e. The van der Waals surface area contributed by atoms with Gasteiger partial charge in [0, 0.05) is 10.6 Å². The van der Waals surface area contributed by atoms with Crippen LogP contribution in [-0.4, -0.2) is 8.07 Å². The maximum absolute atomic E-state index is 6.28. The highest BCUT2D eigenvalue weighted by atomic mass is 35.5. The lowest BCUT2D eigenvalue weighted by atomic mass is 9.96. The summed E-state index contributed by atoms with van der Waals surface area (Å²) in [4.78, 5) is 0. The van der Waals surface area contributed by atoms with Crippen molar-refractivity contribution in [1.29, 1.82) is 0 Å². The van der Waals surface area contributed by atoms with E-state index in [0.29, 0.717) is 0 Å². The molecule has 0 aliphatic carbocycles. The van der Waals surface area contributed by atoms with Crippen LogP contribution in [0.1, 0.15) is 17.2 Å². The first-order valence-electron chi connectivity index (χ1n) is 5.62. The van der Waals surface area contributed by atoms with Crippen LogP contribution in [0.3, 0.4) is 0 Å². The molecule has 0 amide bonds. The van der Waals surface area contributed by atoms with Gasteiger partial charge in [0.15, 0.2) is 0 Å². The molecule has 1 aromatic rings. The first-order valence-corrected chi connectivity index (χ1v) is 9.49. The van der Waals surface area contributed by atoms with Gasteiger partial charge in [0.05, 0.1) is 8.07 Å². The molecule has 84 valence electrons. The van der Waals surface area contributed by atoms with Gasteiger partial charge in [0.2, 0.25) is 0 Å². The minimum atomic E-state index is -1.47. The van der Waals surface area contributed by atoms with Crippen molar-refractivity contribution in [2.24, 2.45) is 0 Å². The predicted molar refractivity (Wildman–Crippen MR) is 69.4 cm³/mol. The number of halogens is 1. The average Bonchev–Trinajstić information content (AvgIpc) is 2.74. The normalized spacial score (nSPS) is 30.9. The molecule has 2 heterocycles. The van der Waals surface area contributed by atoms with Crippen LogP contribution in [0.4, 0.5) is 0 Å². The molecule has 2 atom stereocenters. The fourth-order valence-electron chi connectivity index (χ4n) is 2.79. The molecule has 0 saturated carbocycles. The van der Waals surface area contributed by atoms with Crippen LogP contribution < -0.4 is 0 Å². The number of hydrogen-bond donors (Lipinski definition) is 0. The molecular weight excluding hydrogens is 236 g/mol. The van der Waals surface area contributed by atoms with E-state index in [-0.39, 0.29) is 11.3 Å². The van der Waals surface area contributed by atoms with Gasteiger partial charge in [0.25, 0.3) is 0 Å². The van der Waals surface area contributed by atoms with Crippen LogP contribution in [0.25, 0.3) is 0 Å². The molecule has 0 saturated heterocycles. The molecule has 2 aliphatic heterocycles. The molecule has 1 nitrogen and oxygen atoms in total. The van der Waals surface area contributed by atoms with E-state index in [2.05, 4.69) is 37.9 Å². The summed E-state index contributed by atoms with van der Waals surface area (Å²) in [5.41, 5.74) is 2.49. The zero-order chi connectivity index (χ0) is 11.6. The molecule has 0 aromatic heterocycles. The second-order valence-electron chi connectivity index (χ2n) is 5.58. The summed E-state index contributed by atoms with van der Waals surface area (Å²) >= 11 is 6.28. The molecule has 2 unspecified atom stereocenters. The van der Waals surface area contributed by atoms with Gasteiger partial charge in [-0.2, -0.15) is 0 Å². The SMILES string of the molecule is C[Si](C)(C)C12C=CC(O1)c1c(Cl)cccc12. The van der Waals surface area contributed by atoms with Gasteiger partial charge >= 0.3 is 0 Å². The third-order valence-corrected chi connectivity index (χ3v) is 6.78. The summed E-state index contributed by atoms with van der Waals surface area (Å²) in [6.07, 6.45) is 4.49. The summed E-state index contributed by atoms with van der Waals surface area (Å²) < 4.78 is 6.24. The molecule has 16 heavy (non-hydrogen) atoms. The number of fused-ring (bicyclic) bond motifs is 5. The van der Waals surface area contributed by atoms with Crippen LogP contribution >= 0.6 is 11.6 Å². The van der Waals surface area contributed by atoms with Crippen LogP contribution in [0, 0.1) is 0 Å². The Balaban J connectivity index is 2.28. The number of benzene rings is 1. The molecule has 0 spiro atoms. The van der Waals surface area contributed by atoms with Gasteiger partial charge in [-0.05, 0) is 11.6 Å². The summed E-state index contributed by atoms with van der Waals surface area (Å²) in [7, 11) is -1.47. The van der Waals surface area contributed by atoms with Gasteiger partial charge in [-0.15, -0.1) is 0 Å². The quantitative estimate of drug-likeness (QED) is 0.540. The highest BCUT2D eigenvalue weighted by Crippen LogP contribution is 2.56. The van der Waals surface area contributed by atoms with Crippen molar-refractivity contribution in [2.75, 3.05) is 0 Å². The van der Waals surface area contributed by atoms with E-state index in [1.807, 2.05) is 12.1 Å². The fourth-order valence-corrected chi connectivity index (χ4v) is 5.18. The van der Waals surface area contributed by atoms with Crippen LogP contribution in [0.15, 0.2) is 30.4 Å². The third-order valence-electron chi connectivity index (χ3n) is 3.67. The molecule has 3 rings (SSSR count).